The summed E-state index contributed by atoms with van der Waals surface area (Å²) in [6.07, 6.45) is 3.64. The van der Waals surface area contributed by atoms with E-state index in [0.29, 0.717) is 0 Å². The molecule has 0 saturated carbocycles. The maximum absolute atomic E-state index is 10.5. The second-order valence-corrected chi connectivity index (χ2v) is 3.77. The number of benzene rings is 1. The van der Waals surface area contributed by atoms with Crippen LogP contribution in [0.1, 0.15) is 11.1 Å². The average Bonchev–Trinajstić information content (AvgIpc) is 2.46. The van der Waals surface area contributed by atoms with Crippen LogP contribution in [0.4, 0.5) is 0 Å². The van der Waals surface area contributed by atoms with Gasteiger partial charge in [0.2, 0.25) is 0 Å². The largest absolute Gasteiger partial charge is 0.298 e. The first-order chi connectivity index (χ1) is 5.79. The quantitative estimate of drug-likeness (QED) is 0.668. The van der Waals surface area contributed by atoms with Crippen molar-refractivity contribution in [2.24, 2.45) is 0 Å². The molecular weight excluding hydrogens is 216 g/mol. The Balaban J connectivity index is 2.46. The van der Waals surface area contributed by atoms with Crippen molar-refractivity contribution in [2.75, 3.05) is 0 Å². The molecule has 0 bridgehead atoms. The van der Waals surface area contributed by atoms with E-state index < -0.39 is 0 Å². The standard InChI is InChI=1S/C10H7BrO/c11-10-2-1-8-3-7(6-12)4-9(8)5-10/h1-3,5-6H,4H2. The van der Waals surface area contributed by atoms with Gasteiger partial charge in [0.15, 0.2) is 0 Å². The van der Waals surface area contributed by atoms with Gasteiger partial charge in [-0.3, -0.25) is 4.79 Å². The Hall–Kier alpha value is -0.890. The molecule has 0 atom stereocenters. The third kappa shape index (κ3) is 1.23. The van der Waals surface area contributed by atoms with Crippen molar-refractivity contribution in [1.82, 2.24) is 0 Å². The van der Waals surface area contributed by atoms with Crippen LogP contribution in [0, 0.1) is 0 Å². The van der Waals surface area contributed by atoms with E-state index in [1.807, 2.05) is 18.2 Å². The third-order valence-corrected chi connectivity index (χ3v) is 2.49. The molecule has 0 heterocycles. The minimum Gasteiger partial charge on any atom is -0.298 e. The summed E-state index contributed by atoms with van der Waals surface area (Å²) in [5.74, 6) is 0. The van der Waals surface area contributed by atoms with Crippen LogP contribution >= 0.6 is 15.9 Å². The zero-order valence-corrected chi connectivity index (χ0v) is 7.97. The molecule has 1 aromatic rings. The molecule has 0 fully saturated rings. The van der Waals surface area contributed by atoms with Gasteiger partial charge in [0.1, 0.15) is 6.29 Å². The third-order valence-electron chi connectivity index (χ3n) is 1.99. The first-order valence-electron chi connectivity index (χ1n) is 3.74. The predicted octanol–water partition coefficient (Wildman–Crippen LogP) is 2.59. The summed E-state index contributed by atoms with van der Waals surface area (Å²) in [7, 11) is 0. The molecule has 2 heteroatoms. The Bertz CT molecular complexity index is 366. The topological polar surface area (TPSA) is 17.1 Å². The molecule has 1 aliphatic carbocycles. The van der Waals surface area contributed by atoms with Crippen molar-refractivity contribution in [2.45, 2.75) is 6.42 Å². The highest BCUT2D eigenvalue weighted by Crippen LogP contribution is 2.26. The van der Waals surface area contributed by atoms with E-state index >= 15 is 0 Å². The average molecular weight is 223 g/mol. The van der Waals surface area contributed by atoms with Crippen molar-refractivity contribution in [1.29, 1.82) is 0 Å². The van der Waals surface area contributed by atoms with Gasteiger partial charge in [-0.2, -0.15) is 0 Å². The molecule has 0 saturated heterocycles. The van der Waals surface area contributed by atoms with Crippen LogP contribution in [0.3, 0.4) is 0 Å². The fraction of sp³-hybridized carbons (Fsp3) is 0.100. The van der Waals surface area contributed by atoms with Crippen molar-refractivity contribution >= 4 is 28.3 Å². The summed E-state index contributed by atoms with van der Waals surface area (Å²) in [6.45, 7) is 0. The summed E-state index contributed by atoms with van der Waals surface area (Å²) < 4.78 is 1.07. The minimum absolute atomic E-state index is 0.776. The van der Waals surface area contributed by atoms with Gasteiger partial charge in [0.05, 0.1) is 0 Å². The van der Waals surface area contributed by atoms with Gasteiger partial charge in [0.25, 0.3) is 0 Å². The molecule has 0 amide bonds. The van der Waals surface area contributed by atoms with Gasteiger partial charge in [-0.05, 0) is 34.9 Å². The van der Waals surface area contributed by atoms with Gasteiger partial charge in [0, 0.05) is 10.9 Å². The van der Waals surface area contributed by atoms with Gasteiger partial charge in [-0.15, -0.1) is 0 Å². The molecule has 1 aromatic carbocycles. The van der Waals surface area contributed by atoms with Gasteiger partial charge >= 0.3 is 0 Å². The smallest absolute Gasteiger partial charge is 0.146 e. The van der Waals surface area contributed by atoms with Crippen LogP contribution in [-0.4, -0.2) is 6.29 Å². The number of hydrogen-bond donors (Lipinski definition) is 0. The fourth-order valence-corrected chi connectivity index (χ4v) is 1.82. The zero-order chi connectivity index (χ0) is 8.55. The number of aldehydes is 1. The number of allylic oxidation sites excluding steroid dienone is 1. The van der Waals surface area contributed by atoms with Crippen molar-refractivity contribution in [3.8, 4) is 0 Å². The Morgan fingerprint density at radius 2 is 2.25 bits per heavy atom. The molecule has 0 unspecified atom stereocenters. The number of hydrogen-bond acceptors (Lipinski definition) is 1. The summed E-state index contributed by atoms with van der Waals surface area (Å²) >= 11 is 3.40. The van der Waals surface area contributed by atoms with Crippen molar-refractivity contribution in [3.05, 3.63) is 39.4 Å². The highest BCUT2D eigenvalue weighted by molar-refractivity contribution is 9.10. The maximum atomic E-state index is 10.5. The summed E-state index contributed by atoms with van der Waals surface area (Å²) in [6, 6.07) is 6.07. The highest BCUT2D eigenvalue weighted by atomic mass is 79.9. The molecule has 0 N–H and O–H groups in total. The molecule has 0 radical (unpaired) electrons. The Kier molecular flexibility index (Phi) is 1.85. The first kappa shape index (κ1) is 7.74. The normalized spacial score (nSPS) is 13.9. The van der Waals surface area contributed by atoms with Gasteiger partial charge in [-0.25, -0.2) is 0 Å². The van der Waals surface area contributed by atoms with Crippen molar-refractivity contribution in [3.63, 3.8) is 0 Å². The van der Waals surface area contributed by atoms with Crippen LogP contribution in [-0.2, 0) is 11.2 Å². The number of rotatable bonds is 1. The van der Waals surface area contributed by atoms with E-state index in [0.717, 1.165) is 22.8 Å². The molecule has 1 aliphatic rings. The number of carbonyl (C=O) groups excluding carboxylic acids is 1. The highest BCUT2D eigenvalue weighted by Gasteiger charge is 2.11. The summed E-state index contributed by atoms with van der Waals surface area (Å²) in [5.41, 5.74) is 3.26. The number of fused-ring (bicyclic) bond motifs is 1. The second kappa shape index (κ2) is 2.87. The lowest BCUT2D eigenvalue weighted by atomic mass is 10.1. The monoisotopic (exact) mass is 222 g/mol. The van der Waals surface area contributed by atoms with E-state index in [1.54, 1.807) is 0 Å². The van der Waals surface area contributed by atoms with Crippen LogP contribution in [0.25, 0.3) is 6.08 Å². The van der Waals surface area contributed by atoms with E-state index in [1.165, 1.54) is 11.1 Å². The molecule has 60 valence electrons. The van der Waals surface area contributed by atoms with Crippen molar-refractivity contribution < 1.29 is 4.79 Å². The predicted molar refractivity (Wildman–Crippen MR) is 51.9 cm³/mol. The Morgan fingerprint density at radius 1 is 1.42 bits per heavy atom. The lowest BCUT2D eigenvalue weighted by Gasteiger charge is -1.97. The van der Waals surface area contributed by atoms with Gasteiger partial charge in [-0.1, -0.05) is 22.0 Å². The molecule has 2 rings (SSSR count). The Morgan fingerprint density at radius 3 is 3.00 bits per heavy atom. The van der Waals surface area contributed by atoms with Crippen LogP contribution in [0.2, 0.25) is 0 Å². The SMILES string of the molecule is O=CC1=Cc2ccc(Br)cc2C1. The molecule has 1 nitrogen and oxygen atoms in total. The Labute approximate surface area is 79.2 Å². The zero-order valence-electron chi connectivity index (χ0n) is 6.38. The molecule has 0 aromatic heterocycles. The maximum Gasteiger partial charge on any atom is 0.146 e. The molecule has 0 aliphatic heterocycles. The van der Waals surface area contributed by atoms with Crippen LogP contribution in [0.5, 0.6) is 0 Å². The fourth-order valence-electron chi connectivity index (χ4n) is 1.41. The summed E-state index contributed by atoms with van der Waals surface area (Å²) in [4.78, 5) is 10.5. The minimum atomic E-state index is 0.776. The molecular formula is C10H7BrO. The molecule has 12 heavy (non-hydrogen) atoms. The van der Waals surface area contributed by atoms with Crippen LogP contribution in [0.15, 0.2) is 28.2 Å². The number of carbonyl (C=O) groups is 1. The number of halogens is 1. The first-order valence-corrected chi connectivity index (χ1v) is 4.53. The molecule has 0 spiro atoms. The van der Waals surface area contributed by atoms with E-state index in [-0.39, 0.29) is 0 Å². The lowest BCUT2D eigenvalue weighted by Crippen LogP contribution is -1.84. The second-order valence-electron chi connectivity index (χ2n) is 2.86. The van der Waals surface area contributed by atoms with Crippen LogP contribution < -0.4 is 0 Å². The van der Waals surface area contributed by atoms with E-state index in [9.17, 15) is 4.79 Å². The van der Waals surface area contributed by atoms with E-state index in [2.05, 4.69) is 22.0 Å². The van der Waals surface area contributed by atoms with E-state index in [4.69, 9.17) is 0 Å². The summed E-state index contributed by atoms with van der Waals surface area (Å²) in [5, 5.41) is 0. The van der Waals surface area contributed by atoms with Gasteiger partial charge < -0.3 is 0 Å². The lowest BCUT2D eigenvalue weighted by molar-refractivity contribution is -0.104.